The Morgan fingerprint density at radius 2 is 1.95 bits per heavy atom. The number of nitrogens with zero attached hydrogens (tertiary/aromatic N) is 4. The molecule has 2 aromatic heterocycles. The van der Waals surface area contributed by atoms with Crippen LogP contribution in [0.15, 0.2) is 29.8 Å². The first-order chi connectivity index (χ1) is 18.3. The fourth-order valence-corrected chi connectivity index (χ4v) is 4.77. The maximum Gasteiger partial charge on any atom is 0.271 e. The van der Waals surface area contributed by atoms with Crippen LogP contribution in [-0.2, 0) is 14.3 Å². The molecule has 2 aromatic rings. The van der Waals surface area contributed by atoms with Gasteiger partial charge in [0.15, 0.2) is 0 Å². The van der Waals surface area contributed by atoms with E-state index in [1.807, 2.05) is 0 Å². The number of nitrogens with one attached hydrogen (secondary N) is 3. The summed E-state index contributed by atoms with van der Waals surface area (Å²) < 4.78 is 26.1. The lowest BCUT2D eigenvalue weighted by molar-refractivity contribution is -0.124. The van der Waals surface area contributed by atoms with E-state index < -0.39 is 35.4 Å². The van der Waals surface area contributed by atoms with Crippen LogP contribution >= 0.6 is 0 Å². The molecule has 2 fully saturated rings. The number of ether oxygens (including phenoxy) is 2. The predicted octanol–water partition coefficient (Wildman–Crippen LogP) is 2.39. The molecule has 2 amide bonds. The number of carbonyl (C=O) groups is 2. The number of rotatable bonds is 13. The number of carbonyl (C=O) groups excluding carboxylic acids is 2. The molecule has 13 heteroatoms. The molecule has 38 heavy (non-hydrogen) atoms. The Hall–Kier alpha value is -3.87. The van der Waals surface area contributed by atoms with Crippen LogP contribution in [0.1, 0.15) is 44.2 Å². The molecule has 4 N–H and O–H groups in total. The summed E-state index contributed by atoms with van der Waals surface area (Å²) in [6.45, 7) is 1.47. The van der Waals surface area contributed by atoms with Crippen molar-refractivity contribution in [1.29, 1.82) is 5.41 Å². The minimum Gasteiger partial charge on any atom is -0.481 e. The van der Waals surface area contributed by atoms with Crippen LogP contribution < -0.4 is 15.4 Å². The van der Waals surface area contributed by atoms with Crippen LogP contribution in [0.4, 0.5) is 10.1 Å². The SMILES string of the molecule is COCC(c1cc(F)cnc1OC)n1cc(NC(=O)[C@@H](NC(=O)C(=N)/C(C)=N\O)C(C2CC2)C2CC2)cn1. The molecule has 0 radical (unpaired) electrons. The quantitative estimate of drug-likeness (QED) is 0.176. The Kier molecular flexibility index (Phi) is 8.35. The molecule has 2 aliphatic carbocycles. The molecule has 0 aliphatic heterocycles. The van der Waals surface area contributed by atoms with E-state index in [1.165, 1.54) is 38.1 Å². The van der Waals surface area contributed by atoms with Crippen molar-refractivity contribution in [2.24, 2.45) is 22.9 Å². The van der Waals surface area contributed by atoms with E-state index in [0.29, 0.717) is 23.1 Å². The lowest BCUT2D eigenvalue weighted by Gasteiger charge is -2.27. The van der Waals surface area contributed by atoms with Gasteiger partial charge in [0.2, 0.25) is 11.8 Å². The van der Waals surface area contributed by atoms with Gasteiger partial charge >= 0.3 is 0 Å². The summed E-state index contributed by atoms with van der Waals surface area (Å²) in [6, 6.07) is -0.171. The van der Waals surface area contributed by atoms with Gasteiger partial charge < -0.3 is 25.3 Å². The fraction of sp³-hybridized carbons (Fsp3) is 0.520. The largest absolute Gasteiger partial charge is 0.481 e. The number of hydrogen-bond donors (Lipinski definition) is 4. The maximum atomic E-state index is 14.0. The average molecular weight is 530 g/mol. The summed E-state index contributed by atoms with van der Waals surface area (Å²) in [5, 5.41) is 29.7. The molecular weight excluding hydrogens is 497 g/mol. The van der Waals surface area contributed by atoms with Gasteiger partial charge in [-0.1, -0.05) is 5.16 Å². The van der Waals surface area contributed by atoms with Gasteiger partial charge in [0, 0.05) is 18.9 Å². The van der Waals surface area contributed by atoms with E-state index in [1.54, 1.807) is 6.20 Å². The first kappa shape index (κ1) is 27.2. The highest BCUT2D eigenvalue weighted by Crippen LogP contribution is 2.50. The van der Waals surface area contributed by atoms with E-state index in [-0.39, 0.29) is 24.1 Å². The van der Waals surface area contributed by atoms with Crippen LogP contribution in [0.5, 0.6) is 5.88 Å². The maximum absolute atomic E-state index is 14.0. The summed E-state index contributed by atoms with van der Waals surface area (Å²) in [6.07, 6.45) is 8.01. The molecule has 0 bridgehead atoms. The van der Waals surface area contributed by atoms with Crippen molar-refractivity contribution >= 4 is 28.9 Å². The summed E-state index contributed by atoms with van der Waals surface area (Å²) in [5.41, 5.74) is 0.127. The number of anilines is 1. The molecule has 0 spiro atoms. The number of amides is 2. The summed E-state index contributed by atoms with van der Waals surface area (Å²) >= 11 is 0. The smallest absolute Gasteiger partial charge is 0.271 e. The van der Waals surface area contributed by atoms with E-state index in [0.717, 1.165) is 31.9 Å². The van der Waals surface area contributed by atoms with Crippen molar-refractivity contribution < 1.29 is 28.7 Å². The van der Waals surface area contributed by atoms with Crippen molar-refractivity contribution in [3.63, 3.8) is 0 Å². The van der Waals surface area contributed by atoms with Gasteiger partial charge in [-0.2, -0.15) is 5.10 Å². The first-order valence-corrected chi connectivity index (χ1v) is 12.4. The highest BCUT2D eigenvalue weighted by molar-refractivity contribution is 6.65. The Morgan fingerprint density at radius 3 is 2.53 bits per heavy atom. The zero-order chi connectivity index (χ0) is 27.4. The van der Waals surface area contributed by atoms with Crippen molar-refractivity contribution in [3.05, 3.63) is 36.0 Å². The molecule has 2 atom stereocenters. The minimum atomic E-state index is -0.875. The number of oxime groups is 1. The molecule has 2 saturated carbocycles. The molecular formula is C25H32FN7O5. The van der Waals surface area contributed by atoms with E-state index >= 15 is 0 Å². The summed E-state index contributed by atoms with van der Waals surface area (Å²) in [5.74, 6) is -0.950. The van der Waals surface area contributed by atoms with Crippen LogP contribution in [0.25, 0.3) is 0 Å². The Labute approximate surface area is 219 Å². The molecule has 12 nitrogen and oxygen atoms in total. The van der Waals surface area contributed by atoms with Gasteiger partial charge in [0.25, 0.3) is 5.91 Å². The van der Waals surface area contributed by atoms with Gasteiger partial charge in [-0.15, -0.1) is 0 Å². The Morgan fingerprint density at radius 1 is 1.26 bits per heavy atom. The summed E-state index contributed by atoms with van der Waals surface area (Å²) in [7, 11) is 2.93. The van der Waals surface area contributed by atoms with Gasteiger partial charge in [0.1, 0.15) is 29.3 Å². The molecule has 4 rings (SSSR count). The average Bonchev–Trinajstić information content (AvgIpc) is 3.85. The van der Waals surface area contributed by atoms with Crippen LogP contribution in [-0.4, -0.2) is 70.1 Å². The standard InChI is InChI=1S/C25H32FN7O5/c1-13(32-36)21(27)23(34)31-22(20(14-4-5-14)15-6-7-15)24(35)30-17-10-29-33(11-17)19(12-37-2)18-8-16(26)9-28-25(18)38-3/h8-11,14-15,19-20,22,27,36H,4-7,12H2,1-3H3,(H,30,35)(H,31,34)/b27-21?,32-13-/t19?,22-/m0/s1. The van der Waals surface area contributed by atoms with Crippen molar-refractivity contribution in [3.8, 4) is 5.88 Å². The second-order valence-electron chi connectivity index (χ2n) is 9.69. The topological polar surface area (TPSA) is 164 Å². The lowest BCUT2D eigenvalue weighted by Crippen LogP contribution is -2.52. The second kappa shape index (κ2) is 11.7. The highest BCUT2D eigenvalue weighted by Gasteiger charge is 2.48. The molecule has 2 aliphatic rings. The number of hydrogen-bond acceptors (Lipinski definition) is 9. The van der Waals surface area contributed by atoms with E-state index in [9.17, 15) is 14.0 Å². The third kappa shape index (κ3) is 6.15. The van der Waals surface area contributed by atoms with Gasteiger partial charge in [0.05, 0.1) is 31.8 Å². The third-order valence-electron chi connectivity index (χ3n) is 6.94. The number of halogens is 1. The van der Waals surface area contributed by atoms with Crippen LogP contribution in [0.2, 0.25) is 0 Å². The minimum absolute atomic E-state index is 0.0583. The molecule has 204 valence electrons. The zero-order valence-electron chi connectivity index (χ0n) is 21.5. The highest BCUT2D eigenvalue weighted by atomic mass is 19.1. The number of aromatic nitrogens is 3. The van der Waals surface area contributed by atoms with Gasteiger partial charge in [-0.3, -0.25) is 19.7 Å². The monoisotopic (exact) mass is 529 g/mol. The molecule has 2 heterocycles. The van der Waals surface area contributed by atoms with Crippen molar-refractivity contribution in [1.82, 2.24) is 20.1 Å². The molecule has 1 unspecified atom stereocenters. The van der Waals surface area contributed by atoms with Crippen molar-refractivity contribution in [2.75, 3.05) is 26.1 Å². The number of pyridine rings is 1. The van der Waals surface area contributed by atoms with Crippen LogP contribution in [0, 0.1) is 29.0 Å². The van der Waals surface area contributed by atoms with E-state index in [4.69, 9.17) is 20.1 Å². The van der Waals surface area contributed by atoms with Crippen molar-refractivity contribution in [2.45, 2.75) is 44.7 Å². The summed E-state index contributed by atoms with van der Waals surface area (Å²) in [4.78, 5) is 30.2. The fourth-order valence-electron chi connectivity index (χ4n) is 4.77. The lowest BCUT2D eigenvalue weighted by atomic mass is 9.88. The molecule has 0 aromatic carbocycles. The third-order valence-corrected chi connectivity index (χ3v) is 6.94. The number of methoxy groups -OCH3 is 2. The van der Waals surface area contributed by atoms with Crippen LogP contribution in [0.3, 0.4) is 0 Å². The predicted molar refractivity (Wildman–Crippen MR) is 135 cm³/mol. The Bertz CT molecular complexity index is 1210. The van der Waals surface area contributed by atoms with Gasteiger partial charge in [-0.05, 0) is 56.4 Å². The normalized spacial score (nSPS) is 17.1. The molecule has 0 saturated heterocycles. The first-order valence-electron chi connectivity index (χ1n) is 12.4. The second-order valence-corrected chi connectivity index (χ2v) is 9.69. The van der Waals surface area contributed by atoms with Gasteiger partial charge in [-0.25, -0.2) is 9.37 Å². The zero-order valence-corrected chi connectivity index (χ0v) is 21.5. The van der Waals surface area contributed by atoms with E-state index in [2.05, 4.69) is 25.9 Å². The Balaban J connectivity index is 1.56.